The van der Waals surface area contributed by atoms with Crippen LogP contribution in [0.25, 0.3) is 16.6 Å². The first kappa shape index (κ1) is 41.7. The number of likely N-dealkylation sites (tertiary alicyclic amines) is 1. The van der Waals surface area contributed by atoms with Crippen molar-refractivity contribution in [2.75, 3.05) is 49.5 Å². The topological polar surface area (TPSA) is 166 Å². The number of fused-ring (bicyclic) bond motifs is 4. The number of piperidine rings is 2. The second kappa shape index (κ2) is 17.7. The van der Waals surface area contributed by atoms with E-state index >= 15 is 0 Å². The van der Waals surface area contributed by atoms with E-state index in [4.69, 9.17) is 19.6 Å². The minimum atomic E-state index is -2.85. The van der Waals surface area contributed by atoms with E-state index in [0.29, 0.717) is 31.0 Å². The number of hydrogen-bond donors (Lipinski definition) is 2. The number of imide groups is 1. The zero-order valence-corrected chi connectivity index (χ0v) is 35.6. The lowest BCUT2D eigenvalue weighted by Gasteiger charge is -2.36. The van der Waals surface area contributed by atoms with Gasteiger partial charge in [0.25, 0.3) is 12.3 Å². The summed E-state index contributed by atoms with van der Waals surface area (Å²) in [4.78, 5) is 47.4. The Hall–Kier alpha value is -5.33. The molecule has 1 saturated carbocycles. The van der Waals surface area contributed by atoms with Crippen molar-refractivity contribution >= 4 is 45.8 Å². The summed E-state index contributed by atoms with van der Waals surface area (Å²) in [5, 5.41) is 19.5. The lowest BCUT2D eigenvalue weighted by atomic mass is 9.85. The molecule has 1 aliphatic carbocycles. The van der Waals surface area contributed by atoms with Crippen LogP contribution in [-0.4, -0.2) is 114 Å². The number of para-hydroxylation sites is 1. The number of amides is 3. The normalized spacial score (nSPS) is 24.8. The Morgan fingerprint density at radius 1 is 1.00 bits per heavy atom. The van der Waals surface area contributed by atoms with Crippen molar-refractivity contribution in [2.24, 2.45) is 13.0 Å². The van der Waals surface area contributed by atoms with Crippen LogP contribution in [0.3, 0.4) is 0 Å². The fourth-order valence-electron chi connectivity index (χ4n) is 10.6. The quantitative estimate of drug-likeness (QED) is 0.110. The Bertz CT molecular complexity index is 2470. The molecule has 2 bridgehead atoms. The van der Waals surface area contributed by atoms with Crippen molar-refractivity contribution in [1.29, 1.82) is 0 Å². The van der Waals surface area contributed by atoms with Crippen LogP contribution in [0.5, 0.6) is 0 Å². The third-order valence-corrected chi connectivity index (χ3v) is 13.9. The number of benzene rings is 1. The van der Waals surface area contributed by atoms with Gasteiger partial charge in [-0.25, -0.2) is 18.3 Å². The molecule has 8 heterocycles. The number of hydrogen-bond acceptors (Lipinski definition) is 11. The highest BCUT2D eigenvalue weighted by atomic mass is 19.3. The largest absolute Gasteiger partial charge is 0.378 e. The van der Waals surface area contributed by atoms with E-state index < -0.39 is 23.9 Å². The fraction of sp³-hybridized carbons (Fsp3) is 0.578. The van der Waals surface area contributed by atoms with Crippen LogP contribution in [0, 0.1) is 5.92 Å². The first-order valence-electron chi connectivity index (χ1n) is 22.7. The van der Waals surface area contributed by atoms with Gasteiger partial charge in [0.2, 0.25) is 11.8 Å². The highest BCUT2D eigenvalue weighted by molar-refractivity contribution is 6.08. The van der Waals surface area contributed by atoms with Crippen LogP contribution >= 0.6 is 0 Å². The number of ether oxygens (including phenoxy) is 2. The van der Waals surface area contributed by atoms with Gasteiger partial charge in [0.05, 0.1) is 53.4 Å². The molecule has 0 radical (unpaired) electrons. The highest BCUT2D eigenvalue weighted by Crippen LogP contribution is 2.37. The Balaban J connectivity index is 0.678. The van der Waals surface area contributed by atoms with Crippen molar-refractivity contribution in [3.8, 4) is 0 Å². The summed E-state index contributed by atoms with van der Waals surface area (Å²) in [6.07, 6.45) is 12.6. The molecule has 3 atom stereocenters. The van der Waals surface area contributed by atoms with Crippen molar-refractivity contribution in [3.63, 3.8) is 0 Å². The van der Waals surface area contributed by atoms with Gasteiger partial charge in [0.1, 0.15) is 11.4 Å². The Morgan fingerprint density at radius 2 is 1.79 bits per heavy atom. The molecule has 4 saturated heterocycles. The molecular weight excluding hydrogens is 813 g/mol. The maximum Gasteiger partial charge on any atom is 0.284 e. The zero-order valence-electron chi connectivity index (χ0n) is 35.6. The monoisotopic (exact) mass is 867 g/mol. The average molecular weight is 868 g/mol. The summed E-state index contributed by atoms with van der Waals surface area (Å²) in [5.41, 5.74) is 3.07. The van der Waals surface area contributed by atoms with Crippen LogP contribution in [0.4, 0.5) is 20.3 Å². The summed E-state index contributed by atoms with van der Waals surface area (Å²) < 4.78 is 46.0. The van der Waals surface area contributed by atoms with Gasteiger partial charge in [0, 0.05) is 70.6 Å². The number of nitrogens with one attached hydrogen (secondary N) is 2. The highest BCUT2D eigenvalue weighted by Gasteiger charge is 2.36. The standard InChI is InChI=1S/C45H55F2N11O5/c1-54-41-28(4-2-6-33(41)39(52-54)34-13-14-38(59)51-44(34)60)5-3-21-62-30-15-18-55(19-16-30)23-27-7-9-29(10-8-27)58-26-36(40(53-58)42(46)47)49-45(61)35-22-48-57-20-17-37(50-43(35)57)56-24-31-11-12-32(25-56)63-31/h2,4,6,17,20,22,26-27,29-32,34,42H,3,5,7-16,18-19,21,23-25H2,1H3,(H,49,61)(H,51,59,60)/t27?,29?,31-,32?,34?/m1/s1. The minimum Gasteiger partial charge on any atom is -0.378 e. The van der Waals surface area contributed by atoms with Gasteiger partial charge < -0.3 is 24.6 Å². The third kappa shape index (κ3) is 8.68. The molecule has 63 heavy (non-hydrogen) atoms. The van der Waals surface area contributed by atoms with E-state index in [1.807, 2.05) is 29.9 Å². The van der Waals surface area contributed by atoms with E-state index in [2.05, 4.69) is 36.7 Å². The number of morpholine rings is 1. The number of aromatic nitrogens is 7. The lowest BCUT2D eigenvalue weighted by Crippen LogP contribution is -2.43. The number of rotatable bonds is 13. The molecule has 0 spiro atoms. The number of carbonyl (C=O) groups is 3. The number of halogens is 2. The molecule has 5 aliphatic rings. The van der Waals surface area contributed by atoms with Crippen LogP contribution in [0.1, 0.15) is 116 Å². The number of aryl methyl sites for hydroxylation is 2. The van der Waals surface area contributed by atoms with Crippen LogP contribution in [0.2, 0.25) is 0 Å². The molecule has 10 rings (SSSR count). The van der Waals surface area contributed by atoms with Gasteiger partial charge in [-0.05, 0) is 88.2 Å². The number of carbonyl (C=O) groups excluding carboxylic acids is 3. The van der Waals surface area contributed by atoms with Gasteiger partial charge >= 0.3 is 0 Å². The van der Waals surface area contributed by atoms with Gasteiger partial charge in [0.15, 0.2) is 11.3 Å². The minimum absolute atomic E-state index is 0.00821. The molecule has 2 unspecified atom stereocenters. The van der Waals surface area contributed by atoms with Crippen LogP contribution < -0.4 is 15.5 Å². The maximum absolute atomic E-state index is 14.3. The van der Waals surface area contributed by atoms with Gasteiger partial charge in [-0.15, -0.1) is 0 Å². The summed E-state index contributed by atoms with van der Waals surface area (Å²) >= 11 is 0. The first-order chi connectivity index (χ1) is 30.6. The predicted octanol–water partition coefficient (Wildman–Crippen LogP) is 5.74. The van der Waals surface area contributed by atoms with Gasteiger partial charge in [-0.1, -0.05) is 18.2 Å². The Labute approximate surface area is 363 Å². The number of nitrogens with zero attached hydrogens (tertiary/aromatic N) is 9. The zero-order chi connectivity index (χ0) is 43.2. The molecule has 5 aromatic rings. The second-order valence-corrected chi connectivity index (χ2v) is 18.1. The third-order valence-electron chi connectivity index (χ3n) is 13.9. The summed E-state index contributed by atoms with van der Waals surface area (Å²) in [7, 11) is 1.91. The summed E-state index contributed by atoms with van der Waals surface area (Å²) in [6, 6.07) is 7.99. The first-order valence-corrected chi connectivity index (χ1v) is 22.7. The van der Waals surface area contributed by atoms with Gasteiger partial charge in [-0.2, -0.15) is 15.3 Å². The van der Waals surface area contributed by atoms with Gasteiger partial charge in [-0.3, -0.25) is 29.1 Å². The van der Waals surface area contributed by atoms with Crippen molar-refractivity contribution in [1.82, 2.24) is 44.4 Å². The van der Waals surface area contributed by atoms with Crippen molar-refractivity contribution in [3.05, 3.63) is 65.4 Å². The van der Waals surface area contributed by atoms with E-state index in [1.165, 1.54) is 16.3 Å². The fourth-order valence-corrected chi connectivity index (χ4v) is 10.6. The second-order valence-electron chi connectivity index (χ2n) is 18.1. The molecule has 4 aromatic heterocycles. The number of alkyl halides is 2. The Kier molecular flexibility index (Phi) is 11.7. The molecule has 5 fully saturated rings. The van der Waals surface area contributed by atoms with Crippen molar-refractivity contribution in [2.45, 2.75) is 114 Å². The summed E-state index contributed by atoms with van der Waals surface area (Å²) in [5.74, 6) is -0.226. The Morgan fingerprint density at radius 3 is 2.56 bits per heavy atom. The molecule has 16 nitrogen and oxygen atoms in total. The molecule has 334 valence electrons. The van der Waals surface area contributed by atoms with Crippen LogP contribution in [0.15, 0.2) is 42.9 Å². The molecular formula is C45H55F2N11O5. The summed E-state index contributed by atoms with van der Waals surface area (Å²) in [6.45, 7) is 5.12. The van der Waals surface area contributed by atoms with Crippen LogP contribution in [-0.2, 0) is 32.5 Å². The molecule has 3 amide bonds. The molecule has 1 aromatic carbocycles. The maximum atomic E-state index is 14.3. The average Bonchev–Trinajstić information content (AvgIpc) is 4.07. The lowest BCUT2D eigenvalue weighted by molar-refractivity contribution is -0.134. The molecule has 2 N–H and O–H groups in total. The molecule has 4 aliphatic heterocycles. The molecule has 18 heteroatoms. The van der Waals surface area contributed by atoms with Crippen molar-refractivity contribution < 1.29 is 32.6 Å². The van der Waals surface area contributed by atoms with E-state index in [9.17, 15) is 23.2 Å². The smallest absolute Gasteiger partial charge is 0.284 e. The number of anilines is 2. The SMILES string of the molecule is Cn1nc(C2CCC(=O)NC2=O)c2cccc(CCCOC3CCN(CC4CCC(n5cc(NC(=O)c6cnn7ccc(N8CC9CC[C@H](C8)O9)nc67)c(C(F)F)n5)CC4)CC3)c21. The predicted molar refractivity (Wildman–Crippen MR) is 229 cm³/mol. The van der Waals surface area contributed by atoms with E-state index in [0.717, 1.165) is 119 Å². The van der Waals surface area contributed by atoms with E-state index in [1.54, 1.807) is 17.1 Å². The van der Waals surface area contributed by atoms with E-state index in [-0.39, 0.29) is 47.4 Å².